The number of nitrogens with zero attached hydrogens (tertiary/aromatic N) is 3. The van der Waals surface area contributed by atoms with E-state index in [4.69, 9.17) is 5.73 Å². The standard InChI is InChI=1S/C16H15BrN4OS2/c1-21(8-10-4-2-3-5-12(10)17)13(22)9-24-16-19-14(18)11-6-7-23-15(11)20-16/h2-7H,8-9H2,1H3,(H2,18,19,20). The van der Waals surface area contributed by atoms with Crippen LogP contribution >= 0.6 is 39.0 Å². The molecule has 1 aromatic carbocycles. The van der Waals surface area contributed by atoms with E-state index >= 15 is 0 Å². The third-order valence-electron chi connectivity index (χ3n) is 3.45. The van der Waals surface area contributed by atoms with Crippen molar-refractivity contribution in [2.24, 2.45) is 0 Å². The van der Waals surface area contributed by atoms with Crippen molar-refractivity contribution in [1.82, 2.24) is 14.9 Å². The number of halogens is 1. The Labute approximate surface area is 156 Å². The molecular weight excluding hydrogens is 408 g/mol. The number of aromatic nitrogens is 2. The molecule has 124 valence electrons. The minimum atomic E-state index is 0.0178. The van der Waals surface area contributed by atoms with E-state index in [0.29, 0.717) is 17.5 Å². The summed E-state index contributed by atoms with van der Waals surface area (Å²) in [6.45, 7) is 0.549. The van der Waals surface area contributed by atoms with Crippen LogP contribution in [0.3, 0.4) is 0 Å². The number of benzene rings is 1. The molecule has 0 unspecified atom stereocenters. The Morgan fingerprint density at radius 2 is 2.12 bits per heavy atom. The van der Waals surface area contributed by atoms with E-state index in [9.17, 15) is 4.79 Å². The van der Waals surface area contributed by atoms with Gasteiger partial charge in [-0.25, -0.2) is 9.97 Å². The van der Waals surface area contributed by atoms with Crippen molar-refractivity contribution in [3.05, 3.63) is 45.7 Å². The third-order valence-corrected chi connectivity index (χ3v) is 5.86. The van der Waals surface area contributed by atoms with Crippen LogP contribution in [0.1, 0.15) is 5.56 Å². The van der Waals surface area contributed by atoms with Gasteiger partial charge in [0.25, 0.3) is 0 Å². The summed E-state index contributed by atoms with van der Waals surface area (Å²) in [4.78, 5) is 23.6. The Morgan fingerprint density at radius 3 is 2.92 bits per heavy atom. The number of carbonyl (C=O) groups is 1. The van der Waals surface area contributed by atoms with Gasteiger partial charge >= 0.3 is 0 Å². The van der Waals surface area contributed by atoms with Crippen molar-refractivity contribution < 1.29 is 4.79 Å². The van der Waals surface area contributed by atoms with Crippen LogP contribution in [0.2, 0.25) is 0 Å². The average molecular weight is 423 g/mol. The first-order valence-electron chi connectivity index (χ1n) is 7.15. The molecule has 0 saturated carbocycles. The number of rotatable bonds is 5. The van der Waals surface area contributed by atoms with E-state index in [2.05, 4.69) is 25.9 Å². The number of anilines is 1. The van der Waals surface area contributed by atoms with Crippen molar-refractivity contribution in [2.45, 2.75) is 11.7 Å². The third kappa shape index (κ3) is 3.88. The minimum absolute atomic E-state index is 0.0178. The highest BCUT2D eigenvalue weighted by Crippen LogP contribution is 2.26. The summed E-state index contributed by atoms with van der Waals surface area (Å²) >= 11 is 6.32. The number of nitrogens with two attached hydrogens (primary N) is 1. The van der Waals surface area contributed by atoms with Gasteiger partial charge in [-0.2, -0.15) is 0 Å². The summed E-state index contributed by atoms with van der Waals surface area (Å²) in [7, 11) is 1.79. The van der Waals surface area contributed by atoms with Gasteiger partial charge in [-0.1, -0.05) is 45.9 Å². The van der Waals surface area contributed by atoms with Gasteiger partial charge in [0, 0.05) is 18.1 Å². The van der Waals surface area contributed by atoms with Crippen LogP contribution in [0.4, 0.5) is 5.82 Å². The Kier molecular flexibility index (Phi) is 5.37. The highest BCUT2D eigenvalue weighted by molar-refractivity contribution is 9.10. The summed E-state index contributed by atoms with van der Waals surface area (Å²) in [5, 5.41) is 3.33. The average Bonchev–Trinajstić information content (AvgIpc) is 3.04. The number of thiophene rings is 1. The molecular formula is C16H15BrN4OS2. The van der Waals surface area contributed by atoms with Crippen molar-refractivity contribution in [1.29, 1.82) is 0 Å². The lowest BCUT2D eigenvalue weighted by Gasteiger charge is -2.17. The highest BCUT2D eigenvalue weighted by atomic mass is 79.9. The van der Waals surface area contributed by atoms with Crippen LogP contribution in [0, 0.1) is 0 Å². The number of hydrogen-bond acceptors (Lipinski definition) is 6. The highest BCUT2D eigenvalue weighted by Gasteiger charge is 2.13. The fourth-order valence-electron chi connectivity index (χ4n) is 2.13. The maximum Gasteiger partial charge on any atom is 0.233 e. The predicted octanol–water partition coefficient (Wildman–Crippen LogP) is 3.79. The molecule has 24 heavy (non-hydrogen) atoms. The first-order valence-corrected chi connectivity index (χ1v) is 9.81. The number of hydrogen-bond donors (Lipinski definition) is 1. The molecule has 2 N–H and O–H groups in total. The van der Waals surface area contributed by atoms with Gasteiger partial charge in [-0.3, -0.25) is 4.79 Å². The molecule has 3 aromatic rings. The van der Waals surface area contributed by atoms with Gasteiger partial charge < -0.3 is 10.6 Å². The molecule has 2 aromatic heterocycles. The van der Waals surface area contributed by atoms with Crippen molar-refractivity contribution >= 4 is 61.0 Å². The maximum atomic E-state index is 12.3. The molecule has 5 nitrogen and oxygen atoms in total. The van der Waals surface area contributed by atoms with Gasteiger partial charge in [0.15, 0.2) is 5.16 Å². The monoisotopic (exact) mass is 422 g/mol. The lowest BCUT2D eigenvalue weighted by atomic mass is 10.2. The van der Waals surface area contributed by atoms with Crippen molar-refractivity contribution in [2.75, 3.05) is 18.5 Å². The Hall–Kier alpha value is -1.64. The molecule has 2 heterocycles. The first kappa shape index (κ1) is 17.2. The second kappa shape index (κ2) is 7.50. The fraction of sp³-hybridized carbons (Fsp3) is 0.188. The summed E-state index contributed by atoms with van der Waals surface area (Å²) < 4.78 is 0.997. The minimum Gasteiger partial charge on any atom is -0.383 e. The summed E-state index contributed by atoms with van der Waals surface area (Å²) in [6, 6.07) is 9.78. The van der Waals surface area contributed by atoms with Crippen LogP contribution < -0.4 is 5.73 Å². The molecule has 0 bridgehead atoms. The van der Waals surface area contributed by atoms with Crippen LogP contribution in [-0.4, -0.2) is 33.6 Å². The molecule has 0 saturated heterocycles. The molecule has 0 fully saturated rings. The number of nitrogen functional groups attached to an aromatic ring is 1. The summed E-state index contributed by atoms with van der Waals surface area (Å²) in [5.74, 6) is 0.749. The SMILES string of the molecule is CN(Cc1ccccc1Br)C(=O)CSc1nc(N)c2ccsc2n1. The Balaban J connectivity index is 1.62. The Morgan fingerprint density at radius 1 is 1.33 bits per heavy atom. The molecule has 3 rings (SSSR count). The summed E-state index contributed by atoms with van der Waals surface area (Å²) in [6.07, 6.45) is 0. The predicted molar refractivity (Wildman–Crippen MR) is 103 cm³/mol. The molecule has 0 aliphatic rings. The van der Waals surface area contributed by atoms with Crippen LogP contribution in [-0.2, 0) is 11.3 Å². The van der Waals surface area contributed by atoms with E-state index in [-0.39, 0.29) is 11.7 Å². The molecule has 0 atom stereocenters. The van der Waals surface area contributed by atoms with E-state index in [1.807, 2.05) is 35.7 Å². The lowest BCUT2D eigenvalue weighted by Crippen LogP contribution is -2.28. The number of amides is 1. The van der Waals surface area contributed by atoms with E-state index in [1.165, 1.54) is 23.1 Å². The first-order chi connectivity index (χ1) is 11.5. The smallest absolute Gasteiger partial charge is 0.233 e. The Bertz CT molecular complexity index is 883. The van der Waals surface area contributed by atoms with E-state index in [1.54, 1.807) is 11.9 Å². The van der Waals surface area contributed by atoms with Crippen molar-refractivity contribution in [3.8, 4) is 0 Å². The number of thioether (sulfide) groups is 1. The molecule has 8 heteroatoms. The molecule has 0 aliphatic heterocycles. The molecule has 0 aliphatic carbocycles. The van der Waals surface area contributed by atoms with Crippen molar-refractivity contribution in [3.63, 3.8) is 0 Å². The molecule has 0 radical (unpaired) electrons. The van der Waals surface area contributed by atoms with Gasteiger partial charge in [0.2, 0.25) is 5.91 Å². The topological polar surface area (TPSA) is 72.1 Å². The summed E-state index contributed by atoms with van der Waals surface area (Å²) in [5.41, 5.74) is 7.00. The lowest BCUT2D eigenvalue weighted by molar-refractivity contribution is -0.127. The maximum absolute atomic E-state index is 12.3. The molecule has 1 amide bonds. The van der Waals surface area contributed by atoms with E-state index in [0.717, 1.165) is 20.3 Å². The largest absolute Gasteiger partial charge is 0.383 e. The number of fused-ring (bicyclic) bond motifs is 1. The zero-order valence-corrected chi connectivity index (χ0v) is 16.1. The van der Waals surface area contributed by atoms with Crippen LogP contribution in [0.25, 0.3) is 10.2 Å². The quantitative estimate of drug-likeness (QED) is 0.500. The fourth-order valence-corrected chi connectivity index (χ4v) is 4.16. The van der Waals surface area contributed by atoms with Gasteiger partial charge in [0.05, 0.1) is 11.1 Å². The number of carbonyl (C=O) groups excluding carboxylic acids is 1. The van der Waals surface area contributed by atoms with Gasteiger partial charge in [-0.15, -0.1) is 11.3 Å². The van der Waals surface area contributed by atoms with Crippen LogP contribution in [0.15, 0.2) is 45.3 Å². The van der Waals surface area contributed by atoms with Gasteiger partial charge in [0.1, 0.15) is 10.6 Å². The zero-order chi connectivity index (χ0) is 17.1. The second-order valence-corrected chi connectivity index (χ2v) is 7.85. The second-order valence-electron chi connectivity index (χ2n) is 5.16. The zero-order valence-electron chi connectivity index (χ0n) is 12.9. The van der Waals surface area contributed by atoms with E-state index < -0.39 is 0 Å². The van der Waals surface area contributed by atoms with Gasteiger partial charge in [-0.05, 0) is 23.1 Å². The normalized spacial score (nSPS) is 10.9. The van der Waals surface area contributed by atoms with Crippen LogP contribution in [0.5, 0.6) is 0 Å². The molecule has 0 spiro atoms.